The number of hydrogen-bond acceptors (Lipinski definition) is 2. The average Bonchev–Trinajstić information content (AvgIpc) is 2.78. The van der Waals surface area contributed by atoms with E-state index >= 15 is 0 Å². The molecule has 1 aliphatic rings. The van der Waals surface area contributed by atoms with Crippen molar-refractivity contribution in [2.24, 2.45) is 11.8 Å². The molecule has 1 aromatic rings. The molecule has 1 aromatic heterocycles. The fourth-order valence-electron chi connectivity index (χ4n) is 4.91. The highest BCUT2D eigenvalue weighted by Crippen LogP contribution is 2.34. The highest BCUT2D eigenvalue weighted by atomic mass is 16.5. The van der Waals surface area contributed by atoms with Crippen LogP contribution in [0.2, 0.25) is 0 Å². The van der Waals surface area contributed by atoms with E-state index in [0.717, 1.165) is 37.0 Å². The van der Waals surface area contributed by atoms with Gasteiger partial charge in [0.05, 0.1) is 12.8 Å². The van der Waals surface area contributed by atoms with Gasteiger partial charge in [0.2, 0.25) is 0 Å². The largest absolute Gasteiger partial charge is 0.492 e. The summed E-state index contributed by atoms with van der Waals surface area (Å²) in [5.41, 5.74) is 1.24. The molecule has 2 heteroatoms. The maximum Gasteiger partial charge on any atom is 0.137 e. The third kappa shape index (κ3) is 11.4. The van der Waals surface area contributed by atoms with E-state index in [2.05, 4.69) is 31.0 Å². The predicted octanol–water partition coefficient (Wildman–Crippen LogP) is 8.92. The molecule has 0 aliphatic heterocycles. The van der Waals surface area contributed by atoms with Crippen LogP contribution in [0.25, 0.3) is 0 Å². The van der Waals surface area contributed by atoms with E-state index in [4.69, 9.17) is 4.74 Å². The molecule has 1 fully saturated rings. The Morgan fingerprint density at radius 3 is 1.97 bits per heavy atom. The van der Waals surface area contributed by atoms with Crippen molar-refractivity contribution in [2.75, 3.05) is 6.61 Å². The Balaban J connectivity index is 1.51. The van der Waals surface area contributed by atoms with Gasteiger partial charge in [-0.05, 0) is 43.2 Å². The maximum atomic E-state index is 5.87. The van der Waals surface area contributed by atoms with Crippen LogP contribution in [0, 0.1) is 11.8 Å². The molecule has 2 nitrogen and oxygen atoms in total. The lowest BCUT2D eigenvalue weighted by molar-refractivity contribution is 0.248. The minimum Gasteiger partial charge on any atom is -0.492 e. The number of nitrogens with zero attached hydrogens (tertiary/aromatic N) is 1. The number of rotatable bonds is 17. The molecule has 0 amide bonds. The molecular formula is C28H49NO. The number of aromatic nitrogens is 1. The molecule has 0 spiro atoms. The summed E-state index contributed by atoms with van der Waals surface area (Å²) in [6.07, 6.45) is 26.7. The first-order valence-corrected chi connectivity index (χ1v) is 13.4. The first-order valence-electron chi connectivity index (χ1n) is 13.4. The lowest BCUT2D eigenvalue weighted by Gasteiger charge is -2.28. The van der Waals surface area contributed by atoms with E-state index in [1.54, 1.807) is 0 Å². The van der Waals surface area contributed by atoms with Gasteiger partial charge < -0.3 is 4.74 Å². The van der Waals surface area contributed by atoms with Gasteiger partial charge in [0, 0.05) is 5.69 Å². The Morgan fingerprint density at radius 1 is 0.733 bits per heavy atom. The zero-order chi connectivity index (χ0) is 21.3. The zero-order valence-corrected chi connectivity index (χ0v) is 20.2. The molecule has 0 atom stereocenters. The van der Waals surface area contributed by atoms with Gasteiger partial charge in [0.15, 0.2) is 0 Å². The molecule has 1 heterocycles. The van der Waals surface area contributed by atoms with Crippen LogP contribution >= 0.6 is 0 Å². The second kappa shape index (κ2) is 16.6. The first kappa shape index (κ1) is 25.2. The number of aryl methyl sites for hydroxylation is 1. The minimum absolute atomic E-state index is 0.828. The summed E-state index contributed by atoms with van der Waals surface area (Å²) < 4.78 is 5.87. The third-order valence-electron chi connectivity index (χ3n) is 7.06. The Bertz CT molecular complexity index is 504. The summed E-state index contributed by atoms with van der Waals surface area (Å²) in [4.78, 5) is 4.66. The minimum atomic E-state index is 0.828. The fourth-order valence-corrected chi connectivity index (χ4v) is 4.91. The molecule has 1 saturated carbocycles. The predicted molar refractivity (Wildman–Crippen MR) is 130 cm³/mol. The van der Waals surface area contributed by atoms with Crippen LogP contribution in [0.3, 0.4) is 0 Å². The molecule has 30 heavy (non-hydrogen) atoms. The summed E-state index contributed by atoms with van der Waals surface area (Å²) >= 11 is 0. The molecule has 1 aliphatic carbocycles. The quantitative estimate of drug-likeness (QED) is 0.237. The molecule has 0 saturated heterocycles. The molecular weight excluding hydrogens is 366 g/mol. The van der Waals surface area contributed by atoms with Gasteiger partial charge >= 0.3 is 0 Å². The van der Waals surface area contributed by atoms with E-state index in [1.807, 2.05) is 6.20 Å². The van der Waals surface area contributed by atoms with Crippen molar-refractivity contribution in [3.8, 4) is 5.75 Å². The van der Waals surface area contributed by atoms with Crippen LogP contribution in [0.5, 0.6) is 5.75 Å². The van der Waals surface area contributed by atoms with E-state index in [1.165, 1.54) is 108 Å². The lowest BCUT2D eigenvalue weighted by atomic mass is 9.78. The summed E-state index contributed by atoms with van der Waals surface area (Å²) in [6, 6.07) is 4.30. The van der Waals surface area contributed by atoms with Crippen molar-refractivity contribution >= 4 is 0 Å². The van der Waals surface area contributed by atoms with Crippen LogP contribution in [-0.2, 0) is 6.42 Å². The van der Waals surface area contributed by atoms with Crippen molar-refractivity contribution in [2.45, 2.75) is 129 Å². The second-order valence-corrected chi connectivity index (χ2v) is 9.73. The molecule has 0 aromatic carbocycles. The van der Waals surface area contributed by atoms with Crippen molar-refractivity contribution in [3.63, 3.8) is 0 Å². The molecule has 172 valence electrons. The molecule has 0 bridgehead atoms. The van der Waals surface area contributed by atoms with Gasteiger partial charge in [-0.15, -0.1) is 0 Å². The van der Waals surface area contributed by atoms with Crippen LogP contribution in [0.1, 0.15) is 129 Å². The monoisotopic (exact) mass is 415 g/mol. The fraction of sp³-hybridized carbons (Fsp3) is 0.821. The van der Waals surface area contributed by atoms with Gasteiger partial charge in [-0.2, -0.15) is 0 Å². The third-order valence-corrected chi connectivity index (χ3v) is 7.06. The summed E-state index contributed by atoms with van der Waals surface area (Å²) in [5, 5.41) is 0. The van der Waals surface area contributed by atoms with E-state index in [0.29, 0.717) is 0 Å². The van der Waals surface area contributed by atoms with Crippen molar-refractivity contribution in [1.82, 2.24) is 4.98 Å². The topological polar surface area (TPSA) is 22.1 Å². The SMILES string of the molecule is CCCCCCCCOc1ccc(CC[C@H]2CC[C@H](CCCCCCC)CC2)nc1. The van der Waals surface area contributed by atoms with Crippen LogP contribution in [-0.4, -0.2) is 11.6 Å². The molecule has 0 unspecified atom stereocenters. The van der Waals surface area contributed by atoms with Crippen molar-refractivity contribution < 1.29 is 4.74 Å². The first-order chi connectivity index (χ1) is 14.8. The highest BCUT2D eigenvalue weighted by Gasteiger charge is 2.20. The summed E-state index contributed by atoms with van der Waals surface area (Å²) in [7, 11) is 0. The van der Waals surface area contributed by atoms with Crippen molar-refractivity contribution in [3.05, 3.63) is 24.0 Å². The lowest BCUT2D eigenvalue weighted by Crippen LogP contribution is -2.15. The number of pyridine rings is 1. The van der Waals surface area contributed by atoms with Crippen LogP contribution < -0.4 is 4.74 Å². The standard InChI is InChI=1S/C28H49NO/c1-3-5-7-9-11-13-23-30-28-22-21-27(29-24-28)20-19-26-17-15-25(16-18-26)14-12-10-8-6-4-2/h21-22,24-26H,3-20,23H2,1-2H3/t25-,26-. The van der Waals surface area contributed by atoms with Gasteiger partial charge in [0.25, 0.3) is 0 Å². The molecule has 0 radical (unpaired) electrons. The summed E-state index contributed by atoms with van der Waals surface area (Å²) in [6.45, 7) is 5.40. The van der Waals surface area contributed by atoms with Gasteiger partial charge in [-0.25, -0.2) is 0 Å². The molecule has 2 rings (SSSR count). The maximum absolute atomic E-state index is 5.87. The van der Waals surface area contributed by atoms with Crippen LogP contribution in [0.4, 0.5) is 0 Å². The van der Waals surface area contributed by atoms with Crippen LogP contribution in [0.15, 0.2) is 18.3 Å². The Kier molecular flexibility index (Phi) is 14.0. The van der Waals surface area contributed by atoms with Gasteiger partial charge in [0.1, 0.15) is 5.75 Å². The number of ether oxygens (including phenoxy) is 1. The normalized spacial score (nSPS) is 19.1. The van der Waals surface area contributed by atoms with Gasteiger partial charge in [-0.1, -0.05) is 110 Å². The second-order valence-electron chi connectivity index (χ2n) is 9.73. The highest BCUT2D eigenvalue weighted by molar-refractivity contribution is 5.19. The Labute approximate surface area is 187 Å². The smallest absolute Gasteiger partial charge is 0.137 e. The number of hydrogen-bond donors (Lipinski definition) is 0. The van der Waals surface area contributed by atoms with E-state index in [9.17, 15) is 0 Å². The Morgan fingerprint density at radius 2 is 1.33 bits per heavy atom. The van der Waals surface area contributed by atoms with E-state index < -0.39 is 0 Å². The average molecular weight is 416 g/mol. The number of unbranched alkanes of at least 4 members (excludes halogenated alkanes) is 9. The zero-order valence-electron chi connectivity index (χ0n) is 20.2. The van der Waals surface area contributed by atoms with Gasteiger partial charge in [-0.3, -0.25) is 4.98 Å². The molecule has 0 N–H and O–H groups in total. The van der Waals surface area contributed by atoms with Crippen molar-refractivity contribution in [1.29, 1.82) is 0 Å². The Hall–Kier alpha value is -1.05. The summed E-state index contributed by atoms with van der Waals surface area (Å²) in [5.74, 6) is 2.88. The van der Waals surface area contributed by atoms with E-state index in [-0.39, 0.29) is 0 Å².